The molecule has 2 aromatic carbocycles. The molecule has 0 aliphatic heterocycles. The number of hydrogen-bond acceptors (Lipinski definition) is 8. The highest BCUT2D eigenvalue weighted by Crippen LogP contribution is 2.29. The number of pyridine rings is 1. The van der Waals surface area contributed by atoms with E-state index in [2.05, 4.69) is 35.8 Å². The number of carbonyl (C=O) groups excluding carboxylic acids is 1. The number of H-pyrrole nitrogens is 2. The van der Waals surface area contributed by atoms with Crippen molar-refractivity contribution in [2.75, 3.05) is 10.5 Å². The van der Waals surface area contributed by atoms with Crippen LogP contribution in [0.2, 0.25) is 0 Å². The highest BCUT2D eigenvalue weighted by atomic mass is 32.2. The van der Waals surface area contributed by atoms with E-state index in [9.17, 15) is 17.6 Å². The second-order valence-electron chi connectivity index (χ2n) is 7.63. The van der Waals surface area contributed by atoms with Gasteiger partial charge in [-0.2, -0.15) is 10.3 Å². The molecule has 0 atom stereocenters. The molecule has 14 heteroatoms. The second-order valence-corrected chi connectivity index (χ2v) is 9.64. The minimum absolute atomic E-state index is 0.0856. The molecule has 36 heavy (non-hydrogen) atoms. The Labute approximate surface area is 202 Å². The van der Waals surface area contributed by atoms with E-state index in [0.29, 0.717) is 16.8 Å². The van der Waals surface area contributed by atoms with Gasteiger partial charge in [0.2, 0.25) is 21.6 Å². The number of aromatic nitrogens is 7. The summed E-state index contributed by atoms with van der Waals surface area (Å²) in [5.41, 5.74) is 0.811. The Morgan fingerprint density at radius 2 is 1.78 bits per heavy atom. The van der Waals surface area contributed by atoms with Crippen LogP contribution >= 0.6 is 0 Å². The van der Waals surface area contributed by atoms with Gasteiger partial charge in [-0.15, -0.1) is 10.2 Å². The van der Waals surface area contributed by atoms with Gasteiger partial charge in [-0.25, -0.2) is 22.2 Å². The summed E-state index contributed by atoms with van der Waals surface area (Å²) in [6.45, 7) is 1.31. The summed E-state index contributed by atoms with van der Waals surface area (Å²) in [6, 6.07) is 10.6. The zero-order valence-corrected chi connectivity index (χ0v) is 19.3. The van der Waals surface area contributed by atoms with E-state index in [-0.39, 0.29) is 11.3 Å². The van der Waals surface area contributed by atoms with Gasteiger partial charge in [-0.05, 0) is 35.9 Å². The first-order valence-corrected chi connectivity index (χ1v) is 12.1. The van der Waals surface area contributed by atoms with E-state index in [1.165, 1.54) is 6.92 Å². The Morgan fingerprint density at radius 3 is 2.47 bits per heavy atom. The molecule has 0 amide bonds. The Bertz CT molecular complexity index is 1700. The maximum atomic E-state index is 15.1. The monoisotopic (exact) mass is 510 g/mol. The van der Waals surface area contributed by atoms with Gasteiger partial charge < -0.3 is 0 Å². The van der Waals surface area contributed by atoms with Gasteiger partial charge in [0.1, 0.15) is 17.2 Å². The van der Waals surface area contributed by atoms with Gasteiger partial charge in [-0.3, -0.25) is 14.6 Å². The molecule has 0 saturated carbocycles. The lowest BCUT2D eigenvalue weighted by Crippen LogP contribution is -2.18. The molecule has 0 bridgehead atoms. The quantitative estimate of drug-likeness (QED) is 0.282. The van der Waals surface area contributed by atoms with E-state index in [1.807, 2.05) is 16.9 Å². The van der Waals surface area contributed by atoms with Crippen LogP contribution in [0.25, 0.3) is 33.5 Å². The number of nitrogens with one attached hydrogen (secondary N) is 3. The van der Waals surface area contributed by atoms with E-state index < -0.39 is 44.4 Å². The molecular weight excluding hydrogens is 494 g/mol. The summed E-state index contributed by atoms with van der Waals surface area (Å²) < 4.78 is 54.8. The molecular formula is C22H16F2N8O3S. The Balaban J connectivity index is 1.52. The molecule has 0 aliphatic rings. The molecule has 5 aromatic rings. The lowest BCUT2D eigenvalue weighted by Gasteiger charge is -2.11. The molecule has 0 unspecified atom stereocenters. The number of halogens is 2. The number of fused-ring (bicyclic) bond motifs is 1. The third-order valence-electron chi connectivity index (χ3n) is 5.43. The number of rotatable bonds is 7. The van der Waals surface area contributed by atoms with Crippen LogP contribution in [0.4, 0.5) is 14.5 Å². The van der Waals surface area contributed by atoms with E-state index >= 15 is 4.39 Å². The highest BCUT2D eigenvalue weighted by Gasteiger charge is 2.25. The van der Waals surface area contributed by atoms with Gasteiger partial charge >= 0.3 is 0 Å². The molecule has 0 saturated heterocycles. The maximum Gasteiger partial charge on any atom is 0.232 e. The van der Waals surface area contributed by atoms with Crippen molar-refractivity contribution >= 4 is 32.5 Å². The highest BCUT2D eigenvalue weighted by molar-refractivity contribution is 7.92. The molecule has 3 aromatic heterocycles. The van der Waals surface area contributed by atoms with Gasteiger partial charge in [0.25, 0.3) is 0 Å². The first-order chi connectivity index (χ1) is 17.3. The van der Waals surface area contributed by atoms with Crippen LogP contribution in [0.1, 0.15) is 23.0 Å². The largest absolute Gasteiger partial charge is 0.287 e. The van der Waals surface area contributed by atoms with Crippen LogP contribution in [0.15, 0.2) is 48.7 Å². The number of benzene rings is 2. The molecule has 182 valence electrons. The summed E-state index contributed by atoms with van der Waals surface area (Å²) >= 11 is 0. The number of carbonyl (C=O) groups is 1. The predicted molar refractivity (Wildman–Crippen MR) is 125 cm³/mol. The first-order valence-electron chi connectivity index (χ1n) is 10.5. The van der Waals surface area contributed by atoms with Crippen LogP contribution in [-0.2, 0) is 10.0 Å². The third kappa shape index (κ3) is 4.17. The summed E-state index contributed by atoms with van der Waals surface area (Å²) in [5, 5.41) is 20.6. The SMILES string of the molecule is CCS(=O)(=O)Nc1c(F)ccc(C(=O)c2[nH]nc3ncc(-c4ccc(-c5nn[nH]n5)cc4)cc23)c1F. The lowest BCUT2D eigenvalue weighted by molar-refractivity contribution is 0.103. The molecule has 0 radical (unpaired) electrons. The van der Waals surface area contributed by atoms with Crippen molar-refractivity contribution in [2.45, 2.75) is 6.92 Å². The molecule has 3 N–H and O–H groups in total. The first kappa shape index (κ1) is 23.2. The van der Waals surface area contributed by atoms with Crippen molar-refractivity contribution in [1.82, 2.24) is 35.8 Å². The number of hydrogen-bond donors (Lipinski definition) is 3. The fourth-order valence-electron chi connectivity index (χ4n) is 3.51. The van der Waals surface area contributed by atoms with Crippen molar-refractivity contribution in [3.8, 4) is 22.5 Å². The molecule has 0 fully saturated rings. The van der Waals surface area contributed by atoms with Crippen molar-refractivity contribution in [3.05, 3.63) is 71.6 Å². The minimum Gasteiger partial charge on any atom is -0.287 e. The Morgan fingerprint density at radius 1 is 1.03 bits per heavy atom. The van der Waals surface area contributed by atoms with Crippen LogP contribution in [-0.4, -0.2) is 55.8 Å². The normalized spacial score (nSPS) is 11.6. The topological polar surface area (TPSA) is 159 Å². The Kier molecular flexibility index (Phi) is 5.72. The van der Waals surface area contributed by atoms with Crippen LogP contribution in [0.3, 0.4) is 0 Å². The summed E-state index contributed by atoms with van der Waals surface area (Å²) in [6.07, 6.45) is 1.57. The smallest absolute Gasteiger partial charge is 0.232 e. The van der Waals surface area contributed by atoms with Crippen molar-refractivity contribution in [1.29, 1.82) is 0 Å². The summed E-state index contributed by atoms with van der Waals surface area (Å²) in [7, 11) is -3.99. The van der Waals surface area contributed by atoms with Crippen molar-refractivity contribution in [3.63, 3.8) is 0 Å². The molecule has 3 heterocycles. The van der Waals surface area contributed by atoms with E-state index in [4.69, 9.17) is 0 Å². The number of sulfonamides is 1. The lowest BCUT2D eigenvalue weighted by atomic mass is 10.0. The van der Waals surface area contributed by atoms with Crippen LogP contribution < -0.4 is 4.72 Å². The average Bonchev–Trinajstić information content (AvgIpc) is 3.56. The summed E-state index contributed by atoms with van der Waals surface area (Å²) in [4.78, 5) is 17.5. The van der Waals surface area contributed by atoms with Crippen molar-refractivity contribution in [2.24, 2.45) is 0 Å². The van der Waals surface area contributed by atoms with Crippen LogP contribution in [0.5, 0.6) is 0 Å². The fraction of sp³-hybridized carbons (Fsp3) is 0.0909. The van der Waals surface area contributed by atoms with Gasteiger partial charge in [0.05, 0.1) is 16.7 Å². The number of aromatic amines is 2. The molecule has 11 nitrogen and oxygen atoms in total. The van der Waals surface area contributed by atoms with E-state index in [0.717, 1.165) is 23.3 Å². The zero-order chi connectivity index (χ0) is 25.4. The van der Waals surface area contributed by atoms with Gasteiger partial charge in [0.15, 0.2) is 11.5 Å². The predicted octanol–water partition coefficient (Wildman–Crippen LogP) is 3.08. The fourth-order valence-corrected chi connectivity index (χ4v) is 4.15. The van der Waals surface area contributed by atoms with E-state index in [1.54, 1.807) is 24.4 Å². The van der Waals surface area contributed by atoms with Crippen LogP contribution in [0, 0.1) is 11.6 Å². The third-order valence-corrected chi connectivity index (χ3v) is 6.71. The number of ketones is 1. The zero-order valence-electron chi connectivity index (χ0n) is 18.5. The minimum atomic E-state index is -3.99. The number of anilines is 1. The molecule has 5 rings (SSSR count). The van der Waals surface area contributed by atoms with Gasteiger partial charge in [0, 0.05) is 17.3 Å². The van der Waals surface area contributed by atoms with Crippen molar-refractivity contribution < 1.29 is 22.0 Å². The standard InChI is InChI=1S/C22H16F2N8O3S/c1-2-36(34,35)30-19-16(23)8-7-14(17(19)24)20(33)18-15-9-13(10-25-22(15)27-26-18)11-3-5-12(6-4-11)21-28-31-32-29-21/h3-10,30H,2H2,1H3,(H,25,26,27)(H,28,29,31,32). The number of nitrogens with zero attached hydrogens (tertiary/aromatic N) is 5. The summed E-state index contributed by atoms with van der Waals surface area (Å²) in [5.74, 6) is -3.30. The maximum absolute atomic E-state index is 15.1. The van der Waals surface area contributed by atoms with Gasteiger partial charge in [-0.1, -0.05) is 24.3 Å². The second kappa shape index (κ2) is 8.88. The number of tetrazole rings is 1. The average molecular weight is 510 g/mol. The Hall–Kier alpha value is -4.59. The molecule has 0 spiro atoms. The molecule has 0 aliphatic carbocycles.